The molecule has 2 rings (SSSR count). The molecule has 1 fully saturated rings. The molecule has 0 aromatic heterocycles. The van der Waals surface area contributed by atoms with Crippen molar-refractivity contribution in [2.75, 3.05) is 0 Å². The van der Waals surface area contributed by atoms with Crippen LogP contribution in [0.2, 0.25) is 0 Å². The first-order valence-corrected chi connectivity index (χ1v) is 5.64. The Labute approximate surface area is 95.7 Å². The Bertz CT molecular complexity index is 413. The second-order valence-electron chi connectivity index (χ2n) is 4.84. The van der Waals surface area contributed by atoms with E-state index in [1.807, 2.05) is 31.2 Å². The summed E-state index contributed by atoms with van der Waals surface area (Å²) in [5, 5.41) is 0. The van der Waals surface area contributed by atoms with Crippen LogP contribution >= 0.6 is 0 Å². The quantitative estimate of drug-likeness (QED) is 0.712. The summed E-state index contributed by atoms with van der Waals surface area (Å²) in [6.07, 6.45) is 1.38. The minimum absolute atomic E-state index is 0.0954. The van der Waals surface area contributed by atoms with Crippen molar-refractivity contribution in [3.05, 3.63) is 35.4 Å². The van der Waals surface area contributed by atoms with Crippen LogP contribution in [0.4, 0.5) is 0 Å². The van der Waals surface area contributed by atoms with E-state index in [2.05, 4.69) is 0 Å². The first-order chi connectivity index (χ1) is 7.52. The van der Waals surface area contributed by atoms with E-state index in [4.69, 9.17) is 0 Å². The van der Waals surface area contributed by atoms with Crippen LogP contribution in [-0.4, -0.2) is 11.6 Å². The van der Waals surface area contributed by atoms with Crippen LogP contribution in [0.15, 0.2) is 24.3 Å². The predicted molar refractivity (Wildman–Crippen MR) is 62.2 cm³/mol. The smallest absolute Gasteiger partial charge is 0.146 e. The molecule has 0 saturated heterocycles. The van der Waals surface area contributed by atoms with Crippen LogP contribution in [0.3, 0.4) is 0 Å². The van der Waals surface area contributed by atoms with Crippen molar-refractivity contribution >= 4 is 11.6 Å². The summed E-state index contributed by atoms with van der Waals surface area (Å²) >= 11 is 0. The summed E-state index contributed by atoms with van der Waals surface area (Å²) in [6.45, 7) is 3.81. The van der Waals surface area contributed by atoms with Gasteiger partial charge in [0.15, 0.2) is 0 Å². The van der Waals surface area contributed by atoms with Crippen molar-refractivity contribution < 1.29 is 9.59 Å². The molecule has 0 amide bonds. The Morgan fingerprint density at radius 2 is 1.56 bits per heavy atom. The Hall–Kier alpha value is -1.44. The van der Waals surface area contributed by atoms with E-state index in [0.717, 1.165) is 5.56 Å². The molecule has 0 heterocycles. The molecule has 1 aromatic rings. The lowest BCUT2D eigenvalue weighted by atomic mass is 9.80. The summed E-state index contributed by atoms with van der Waals surface area (Å²) in [7, 11) is 0. The molecule has 1 aliphatic carbocycles. The van der Waals surface area contributed by atoms with Gasteiger partial charge < -0.3 is 0 Å². The fourth-order valence-electron chi connectivity index (χ4n) is 2.25. The van der Waals surface area contributed by atoms with Crippen molar-refractivity contribution in [2.45, 2.75) is 33.1 Å². The maximum atomic E-state index is 11.8. The van der Waals surface area contributed by atoms with E-state index in [9.17, 15) is 9.59 Å². The normalized spacial score (nSPS) is 19.1. The SMILES string of the molecule is Cc1ccc(CC2(C)C(=O)CCC2=O)cc1. The Morgan fingerprint density at radius 1 is 1.06 bits per heavy atom. The van der Waals surface area contributed by atoms with Gasteiger partial charge in [-0.15, -0.1) is 0 Å². The van der Waals surface area contributed by atoms with Crippen LogP contribution in [0.1, 0.15) is 30.9 Å². The van der Waals surface area contributed by atoms with Crippen molar-refractivity contribution in [1.29, 1.82) is 0 Å². The van der Waals surface area contributed by atoms with Gasteiger partial charge in [0.1, 0.15) is 11.6 Å². The summed E-state index contributed by atoms with van der Waals surface area (Å²) in [5.41, 5.74) is 1.49. The van der Waals surface area contributed by atoms with Gasteiger partial charge in [-0.2, -0.15) is 0 Å². The van der Waals surface area contributed by atoms with Crippen LogP contribution in [-0.2, 0) is 16.0 Å². The van der Waals surface area contributed by atoms with Crippen LogP contribution in [0.25, 0.3) is 0 Å². The minimum Gasteiger partial charge on any atom is -0.299 e. The zero-order chi connectivity index (χ0) is 11.8. The standard InChI is InChI=1S/C14H16O2/c1-10-3-5-11(6-4-10)9-14(2)12(15)7-8-13(14)16/h3-6H,7-9H2,1-2H3. The fraction of sp³-hybridized carbons (Fsp3) is 0.429. The maximum Gasteiger partial charge on any atom is 0.146 e. The average molecular weight is 216 g/mol. The van der Waals surface area contributed by atoms with Crippen LogP contribution in [0, 0.1) is 12.3 Å². The van der Waals surface area contributed by atoms with Crippen LogP contribution < -0.4 is 0 Å². The van der Waals surface area contributed by atoms with Gasteiger partial charge in [0.2, 0.25) is 0 Å². The number of carbonyl (C=O) groups excluding carboxylic acids is 2. The molecule has 0 radical (unpaired) electrons. The van der Waals surface area contributed by atoms with E-state index in [1.54, 1.807) is 6.92 Å². The van der Waals surface area contributed by atoms with Gasteiger partial charge in [-0.25, -0.2) is 0 Å². The second kappa shape index (κ2) is 3.85. The molecule has 2 nitrogen and oxygen atoms in total. The lowest BCUT2D eigenvalue weighted by Gasteiger charge is -2.20. The number of aryl methyl sites for hydroxylation is 1. The largest absolute Gasteiger partial charge is 0.299 e. The van der Waals surface area contributed by atoms with Crippen molar-refractivity contribution in [2.24, 2.45) is 5.41 Å². The monoisotopic (exact) mass is 216 g/mol. The van der Waals surface area contributed by atoms with E-state index in [0.29, 0.717) is 19.3 Å². The zero-order valence-electron chi connectivity index (χ0n) is 9.75. The van der Waals surface area contributed by atoms with Gasteiger partial charge in [-0.05, 0) is 25.8 Å². The topological polar surface area (TPSA) is 34.1 Å². The Kier molecular flexibility index (Phi) is 2.66. The highest BCUT2D eigenvalue weighted by molar-refractivity contribution is 6.12. The number of carbonyl (C=O) groups is 2. The molecule has 16 heavy (non-hydrogen) atoms. The van der Waals surface area contributed by atoms with Gasteiger partial charge in [0.25, 0.3) is 0 Å². The molecule has 1 saturated carbocycles. The number of hydrogen-bond donors (Lipinski definition) is 0. The summed E-state index contributed by atoms with van der Waals surface area (Å²) in [6, 6.07) is 8.03. The summed E-state index contributed by atoms with van der Waals surface area (Å²) in [4.78, 5) is 23.5. The van der Waals surface area contributed by atoms with Gasteiger partial charge in [0, 0.05) is 12.8 Å². The molecule has 2 heteroatoms. The van der Waals surface area contributed by atoms with Gasteiger partial charge in [-0.1, -0.05) is 29.8 Å². The highest BCUT2D eigenvalue weighted by Crippen LogP contribution is 2.34. The third kappa shape index (κ3) is 1.80. The average Bonchev–Trinajstić information content (AvgIpc) is 2.50. The number of benzene rings is 1. The van der Waals surface area contributed by atoms with E-state index < -0.39 is 5.41 Å². The molecule has 0 N–H and O–H groups in total. The molecule has 0 atom stereocenters. The molecule has 0 bridgehead atoms. The van der Waals surface area contributed by atoms with Crippen LogP contribution in [0.5, 0.6) is 0 Å². The molecule has 0 aliphatic heterocycles. The number of rotatable bonds is 2. The third-order valence-electron chi connectivity index (χ3n) is 3.49. The van der Waals surface area contributed by atoms with Gasteiger partial charge in [-0.3, -0.25) is 9.59 Å². The number of ketones is 2. The second-order valence-corrected chi connectivity index (χ2v) is 4.84. The van der Waals surface area contributed by atoms with E-state index in [1.165, 1.54) is 5.56 Å². The highest BCUT2D eigenvalue weighted by atomic mass is 16.2. The molecular formula is C14H16O2. The first-order valence-electron chi connectivity index (χ1n) is 5.64. The first kappa shape index (κ1) is 11.1. The summed E-state index contributed by atoms with van der Waals surface area (Å²) < 4.78 is 0. The zero-order valence-corrected chi connectivity index (χ0v) is 9.75. The predicted octanol–water partition coefficient (Wildman–Crippen LogP) is 2.48. The lowest BCUT2D eigenvalue weighted by Crippen LogP contribution is -2.31. The van der Waals surface area contributed by atoms with E-state index in [-0.39, 0.29) is 11.6 Å². The molecule has 84 valence electrons. The summed E-state index contributed by atoms with van der Waals surface area (Å²) in [5.74, 6) is 0.191. The third-order valence-corrected chi connectivity index (χ3v) is 3.49. The molecule has 0 spiro atoms. The molecule has 1 aliphatic rings. The van der Waals surface area contributed by atoms with Gasteiger partial charge in [0.05, 0.1) is 5.41 Å². The number of Topliss-reactive ketones (excluding diaryl/α,β-unsaturated/α-hetero) is 2. The Morgan fingerprint density at radius 3 is 2.06 bits per heavy atom. The fourth-order valence-corrected chi connectivity index (χ4v) is 2.25. The van der Waals surface area contributed by atoms with E-state index >= 15 is 0 Å². The molecular weight excluding hydrogens is 200 g/mol. The molecule has 0 unspecified atom stereocenters. The van der Waals surface area contributed by atoms with Crippen molar-refractivity contribution in [3.63, 3.8) is 0 Å². The Balaban J connectivity index is 2.23. The highest BCUT2D eigenvalue weighted by Gasteiger charge is 2.44. The minimum atomic E-state index is -0.769. The van der Waals surface area contributed by atoms with Crippen molar-refractivity contribution in [1.82, 2.24) is 0 Å². The lowest BCUT2D eigenvalue weighted by molar-refractivity contribution is -0.133. The van der Waals surface area contributed by atoms with Crippen molar-refractivity contribution in [3.8, 4) is 0 Å². The van der Waals surface area contributed by atoms with Gasteiger partial charge >= 0.3 is 0 Å². The number of hydrogen-bond acceptors (Lipinski definition) is 2. The molecule has 1 aromatic carbocycles. The maximum absolute atomic E-state index is 11.8.